The number of rotatable bonds is 6. The van der Waals surface area contributed by atoms with Gasteiger partial charge < -0.3 is 0 Å². The minimum Gasteiger partial charge on any atom is -0.292 e. The van der Waals surface area contributed by atoms with Gasteiger partial charge in [-0.3, -0.25) is 9.47 Å². The molecule has 3 nitrogen and oxygen atoms in total. The number of nitrogens with zero attached hydrogens (tertiary/aromatic N) is 3. The predicted molar refractivity (Wildman–Crippen MR) is 76.8 cm³/mol. The lowest BCUT2D eigenvalue weighted by Gasteiger charge is -2.20. The molecule has 0 saturated heterocycles. The zero-order chi connectivity index (χ0) is 14.7. The molecule has 20 heavy (non-hydrogen) atoms. The molecular formula is C15H19F2N3. The average Bonchev–Trinajstić information content (AvgIpc) is 2.75. The Bertz CT molecular complexity index is 604. The maximum absolute atomic E-state index is 13.3. The second-order valence-corrected chi connectivity index (χ2v) is 4.92. The Morgan fingerprint density at radius 2 is 2.10 bits per heavy atom. The van der Waals surface area contributed by atoms with Crippen LogP contribution in [0, 0.1) is 0 Å². The number of imidazole rings is 1. The number of alkyl halides is 2. The quantitative estimate of drug-likeness (QED) is 0.749. The molecule has 0 unspecified atom stereocenters. The Balaban J connectivity index is 2.37. The van der Waals surface area contributed by atoms with Crippen LogP contribution in [-0.4, -0.2) is 27.5 Å². The smallest absolute Gasteiger partial charge is 0.292 e. The molecule has 108 valence electrons. The summed E-state index contributed by atoms with van der Waals surface area (Å²) in [5.74, 6) is 0.393. The van der Waals surface area contributed by atoms with Crippen LogP contribution in [0.25, 0.3) is 11.0 Å². The highest BCUT2D eigenvalue weighted by Gasteiger charge is 2.18. The summed E-state index contributed by atoms with van der Waals surface area (Å²) in [5, 5.41) is 0. The van der Waals surface area contributed by atoms with Gasteiger partial charge in [0.05, 0.1) is 17.6 Å². The number of likely N-dealkylation sites (N-methyl/N-ethyl adjacent to an activating group) is 1. The van der Waals surface area contributed by atoms with E-state index in [2.05, 4.69) is 11.6 Å². The van der Waals surface area contributed by atoms with Gasteiger partial charge >= 0.3 is 6.55 Å². The topological polar surface area (TPSA) is 21.1 Å². The maximum Gasteiger partial charge on any atom is 0.320 e. The third-order valence-electron chi connectivity index (χ3n) is 3.17. The van der Waals surface area contributed by atoms with E-state index in [-0.39, 0.29) is 0 Å². The number of hydrogen-bond donors (Lipinski definition) is 0. The fourth-order valence-electron chi connectivity index (χ4n) is 2.28. The molecule has 0 bridgehead atoms. The molecule has 5 heteroatoms. The third kappa shape index (κ3) is 3.04. The molecule has 0 aliphatic carbocycles. The zero-order valence-electron chi connectivity index (χ0n) is 11.8. The molecule has 0 atom stereocenters. The molecule has 0 spiro atoms. The summed E-state index contributed by atoms with van der Waals surface area (Å²) >= 11 is 0. The Labute approximate surface area is 117 Å². The molecule has 0 N–H and O–H groups in total. The molecule has 2 aromatic rings. The van der Waals surface area contributed by atoms with Gasteiger partial charge in [-0.05, 0) is 25.6 Å². The van der Waals surface area contributed by atoms with E-state index < -0.39 is 6.55 Å². The molecule has 0 radical (unpaired) electrons. The van der Waals surface area contributed by atoms with E-state index in [0.717, 1.165) is 16.7 Å². The van der Waals surface area contributed by atoms with Crippen molar-refractivity contribution in [2.75, 3.05) is 13.1 Å². The summed E-state index contributed by atoms with van der Waals surface area (Å²) in [6, 6.07) is 6.98. The van der Waals surface area contributed by atoms with Gasteiger partial charge in [-0.2, -0.15) is 8.78 Å². The lowest BCUT2D eigenvalue weighted by molar-refractivity contribution is 0.0687. The van der Waals surface area contributed by atoms with Crippen LogP contribution in [0.2, 0.25) is 0 Å². The summed E-state index contributed by atoms with van der Waals surface area (Å²) in [5.41, 5.74) is 2.09. The Kier molecular flexibility index (Phi) is 4.49. The van der Waals surface area contributed by atoms with Gasteiger partial charge in [0.2, 0.25) is 0 Å². The number of fused-ring (bicyclic) bond motifs is 1. The molecule has 0 saturated carbocycles. The second kappa shape index (κ2) is 6.13. The molecule has 2 rings (SSSR count). The number of aromatic nitrogens is 2. The van der Waals surface area contributed by atoms with Crippen molar-refractivity contribution < 1.29 is 8.78 Å². The van der Waals surface area contributed by atoms with Crippen LogP contribution in [0.3, 0.4) is 0 Å². The summed E-state index contributed by atoms with van der Waals surface area (Å²) in [6.45, 7) is 7.05. The fraction of sp³-hybridized carbons (Fsp3) is 0.400. The molecule has 0 fully saturated rings. The van der Waals surface area contributed by atoms with E-state index in [4.69, 9.17) is 0 Å². The average molecular weight is 279 g/mol. The predicted octanol–water partition coefficient (Wildman–Crippen LogP) is 3.83. The number of benzene rings is 1. The highest BCUT2D eigenvalue weighted by Crippen LogP contribution is 2.23. The molecular weight excluding hydrogens is 260 g/mol. The van der Waals surface area contributed by atoms with Crippen molar-refractivity contribution >= 4 is 11.0 Å². The maximum atomic E-state index is 13.3. The SMILES string of the molecule is C=C(C)CN(CC)Cc1nc2ccccc2n1C(F)F. The van der Waals surface area contributed by atoms with Crippen molar-refractivity contribution in [3.05, 3.63) is 42.2 Å². The monoisotopic (exact) mass is 279 g/mol. The number of halogens is 2. The van der Waals surface area contributed by atoms with E-state index in [1.807, 2.05) is 18.7 Å². The summed E-state index contributed by atoms with van der Waals surface area (Å²) in [6.07, 6.45) is 0. The Morgan fingerprint density at radius 3 is 2.70 bits per heavy atom. The first-order valence-corrected chi connectivity index (χ1v) is 6.63. The Morgan fingerprint density at radius 1 is 1.40 bits per heavy atom. The van der Waals surface area contributed by atoms with Gasteiger partial charge in [-0.25, -0.2) is 4.98 Å². The lowest BCUT2D eigenvalue weighted by atomic mass is 10.3. The van der Waals surface area contributed by atoms with Crippen LogP contribution in [0.5, 0.6) is 0 Å². The van der Waals surface area contributed by atoms with Crippen molar-refractivity contribution in [1.29, 1.82) is 0 Å². The van der Waals surface area contributed by atoms with Crippen LogP contribution < -0.4 is 0 Å². The van der Waals surface area contributed by atoms with Crippen LogP contribution in [0.1, 0.15) is 26.2 Å². The van der Waals surface area contributed by atoms with Crippen molar-refractivity contribution in [2.24, 2.45) is 0 Å². The van der Waals surface area contributed by atoms with Gasteiger partial charge in [-0.1, -0.05) is 31.2 Å². The van der Waals surface area contributed by atoms with Crippen LogP contribution in [0.15, 0.2) is 36.4 Å². The normalized spacial score (nSPS) is 11.7. The molecule has 0 amide bonds. The van der Waals surface area contributed by atoms with Crippen molar-refractivity contribution in [3.63, 3.8) is 0 Å². The third-order valence-corrected chi connectivity index (χ3v) is 3.17. The minimum absolute atomic E-state index is 0.391. The van der Waals surface area contributed by atoms with E-state index in [1.54, 1.807) is 24.3 Å². The van der Waals surface area contributed by atoms with Gasteiger partial charge in [0.1, 0.15) is 5.82 Å². The molecule has 1 aromatic carbocycles. The molecule has 0 aliphatic heterocycles. The first-order valence-electron chi connectivity index (χ1n) is 6.63. The highest BCUT2D eigenvalue weighted by atomic mass is 19.3. The van der Waals surface area contributed by atoms with E-state index in [9.17, 15) is 8.78 Å². The first-order chi connectivity index (χ1) is 9.52. The van der Waals surface area contributed by atoms with E-state index in [0.29, 0.717) is 29.9 Å². The molecule has 0 aliphatic rings. The summed E-state index contributed by atoms with van der Waals surface area (Å²) < 4.78 is 27.6. The van der Waals surface area contributed by atoms with Crippen molar-refractivity contribution in [3.8, 4) is 0 Å². The minimum atomic E-state index is -2.58. The van der Waals surface area contributed by atoms with Crippen molar-refractivity contribution in [1.82, 2.24) is 14.5 Å². The number of hydrogen-bond acceptors (Lipinski definition) is 2. The summed E-state index contributed by atoms with van der Waals surface area (Å²) in [4.78, 5) is 6.38. The van der Waals surface area contributed by atoms with Crippen LogP contribution >= 0.6 is 0 Å². The van der Waals surface area contributed by atoms with Crippen molar-refractivity contribution in [2.45, 2.75) is 26.9 Å². The highest BCUT2D eigenvalue weighted by molar-refractivity contribution is 5.75. The summed E-state index contributed by atoms with van der Waals surface area (Å²) in [7, 11) is 0. The fourth-order valence-corrected chi connectivity index (χ4v) is 2.28. The van der Waals surface area contributed by atoms with Crippen LogP contribution in [-0.2, 0) is 6.54 Å². The largest absolute Gasteiger partial charge is 0.320 e. The lowest BCUT2D eigenvalue weighted by Crippen LogP contribution is -2.26. The zero-order valence-corrected chi connectivity index (χ0v) is 11.8. The van der Waals surface area contributed by atoms with E-state index in [1.165, 1.54) is 0 Å². The Hall–Kier alpha value is -1.75. The van der Waals surface area contributed by atoms with Gasteiger partial charge in [-0.15, -0.1) is 0 Å². The molecule has 1 aromatic heterocycles. The number of para-hydroxylation sites is 2. The second-order valence-electron chi connectivity index (χ2n) is 4.92. The van der Waals surface area contributed by atoms with Gasteiger partial charge in [0, 0.05) is 6.54 Å². The van der Waals surface area contributed by atoms with Gasteiger partial charge in [0.25, 0.3) is 0 Å². The first kappa shape index (κ1) is 14.7. The van der Waals surface area contributed by atoms with Crippen LogP contribution in [0.4, 0.5) is 8.78 Å². The van der Waals surface area contributed by atoms with E-state index >= 15 is 0 Å². The van der Waals surface area contributed by atoms with Gasteiger partial charge in [0.15, 0.2) is 0 Å². The molecule has 1 heterocycles. The standard InChI is InChI=1S/C15H19F2N3/c1-4-19(9-11(2)3)10-14-18-12-7-5-6-8-13(12)20(14)15(16)17/h5-8,15H,2,4,9-10H2,1,3H3.